The molecule has 2 aromatic rings. The molecule has 6 nitrogen and oxygen atoms in total. The first kappa shape index (κ1) is 20.2. The maximum Gasteiger partial charge on any atom is 0.341 e. The van der Waals surface area contributed by atoms with E-state index in [9.17, 15) is 27.2 Å². The van der Waals surface area contributed by atoms with Gasteiger partial charge in [0.15, 0.2) is 23.1 Å². The summed E-state index contributed by atoms with van der Waals surface area (Å²) in [4.78, 5) is 20.5. The number of carbonyl (C=O) groups is 2. The zero-order valence-corrected chi connectivity index (χ0v) is 13.3. The van der Waals surface area contributed by atoms with Crippen LogP contribution < -0.4 is 0 Å². The van der Waals surface area contributed by atoms with Crippen LogP contribution in [-0.2, 0) is 0 Å². The van der Waals surface area contributed by atoms with Crippen LogP contribution in [0.2, 0.25) is 0 Å². The first-order valence-corrected chi connectivity index (χ1v) is 6.78. The summed E-state index contributed by atoms with van der Waals surface area (Å²) in [5.74, 6) is -10.7. The van der Waals surface area contributed by atoms with Gasteiger partial charge in [0, 0.05) is 0 Å². The highest BCUT2D eigenvalue weighted by Crippen LogP contribution is 2.30. The first-order valence-electron chi connectivity index (χ1n) is 5.99. The first-order chi connectivity index (χ1) is 11.5. The molecule has 0 aliphatic carbocycles. The Kier molecular flexibility index (Phi) is 6.34. The molecule has 2 rings (SSSR count). The van der Waals surface area contributed by atoms with E-state index in [1.54, 1.807) is 0 Å². The minimum Gasteiger partial charge on any atom is -0.505 e. The maximum absolute atomic E-state index is 12.9. The molecule has 0 aliphatic rings. The second-order valence-corrected chi connectivity index (χ2v) is 5.10. The maximum atomic E-state index is 12.9. The molecule has 0 aromatic heterocycles. The summed E-state index contributed by atoms with van der Waals surface area (Å²) in [6.45, 7) is 0. The Morgan fingerprint density at radius 1 is 0.840 bits per heavy atom. The fourth-order valence-corrected chi connectivity index (χ4v) is 1.89. The van der Waals surface area contributed by atoms with Gasteiger partial charge in [-0.25, -0.2) is 27.2 Å². The molecule has 0 spiro atoms. The highest BCUT2D eigenvalue weighted by Gasteiger charge is 2.22. The lowest BCUT2D eigenvalue weighted by atomic mass is 10.2. The van der Waals surface area contributed by atoms with Gasteiger partial charge in [0.2, 0.25) is 0 Å². The Morgan fingerprint density at radius 2 is 1.32 bits per heavy atom. The van der Waals surface area contributed by atoms with Gasteiger partial charge in [-0.2, -0.15) is 0 Å². The molecule has 0 bridgehead atoms. The van der Waals surface area contributed by atoms with Gasteiger partial charge in [-0.1, -0.05) is 0 Å². The second-order valence-electron chi connectivity index (χ2n) is 4.24. The molecule has 0 atom stereocenters. The van der Waals surface area contributed by atoms with Crippen molar-refractivity contribution in [1.29, 1.82) is 0 Å². The third-order valence-electron chi connectivity index (χ3n) is 2.64. The molecule has 0 saturated carbocycles. The minimum absolute atomic E-state index is 0.229. The van der Waals surface area contributed by atoms with Crippen molar-refractivity contribution in [2.24, 2.45) is 0 Å². The summed E-state index contributed by atoms with van der Waals surface area (Å²) in [6, 6.07) is 2.11. The Balaban J connectivity index is 0.000000251. The Labute approximate surface area is 144 Å². The van der Waals surface area contributed by atoms with E-state index in [-0.39, 0.29) is 4.47 Å². The molecule has 0 fully saturated rings. The van der Waals surface area contributed by atoms with Crippen molar-refractivity contribution in [2.45, 2.75) is 0 Å². The van der Waals surface area contributed by atoms with Gasteiger partial charge < -0.3 is 20.4 Å². The van der Waals surface area contributed by atoms with Crippen molar-refractivity contribution in [2.75, 3.05) is 0 Å². The zero-order chi connectivity index (χ0) is 19.5. The highest BCUT2D eigenvalue weighted by atomic mass is 79.9. The molecule has 0 heterocycles. The van der Waals surface area contributed by atoms with Crippen LogP contribution in [0.3, 0.4) is 0 Å². The van der Waals surface area contributed by atoms with Crippen LogP contribution in [0.25, 0.3) is 0 Å². The SMILES string of the molecule is O=C(O)c1c(F)cc(Br)c(O)c1F.O=C(O)c1c(F)ccc(O)c1F. The van der Waals surface area contributed by atoms with Crippen LogP contribution in [-0.4, -0.2) is 32.4 Å². The van der Waals surface area contributed by atoms with Gasteiger partial charge in [0.05, 0.1) is 4.47 Å². The van der Waals surface area contributed by atoms with E-state index in [1.165, 1.54) is 0 Å². The molecule has 0 saturated heterocycles. The average molecular weight is 427 g/mol. The Morgan fingerprint density at radius 3 is 1.76 bits per heavy atom. The smallest absolute Gasteiger partial charge is 0.341 e. The number of hydrogen-bond acceptors (Lipinski definition) is 4. The summed E-state index contributed by atoms with van der Waals surface area (Å²) in [5, 5.41) is 34.2. The molecule has 0 amide bonds. The molecule has 0 aliphatic heterocycles. The van der Waals surface area contributed by atoms with E-state index in [0.717, 1.165) is 6.07 Å². The van der Waals surface area contributed by atoms with Gasteiger partial charge in [-0.3, -0.25) is 0 Å². The third-order valence-corrected chi connectivity index (χ3v) is 3.25. The number of hydrogen-bond donors (Lipinski definition) is 4. The molecule has 4 N–H and O–H groups in total. The average Bonchev–Trinajstić information content (AvgIpc) is 2.49. The molecular formula is C14H7BrF4O6. The standard InChI is InChI=1S/C7H3BrF2O3.C7H4F2O3/c8-2-1-3(9)4(7(12)13)5(10)6(2)11;8-3-1-2-4(10)6(9)5(3)7(11)12/h1,11H,(H,12,13);1-2,10H,(H,11,12). The number of halogens is 5. The van der Waals surface area contributed by atoms with E-state index in [2.05, 4.69) is 15.9 Å². The van der Waals surface area contributed by atoms with Crippen LogP contribution >= 0.6 is 15.9 Å². The van der Waals surface area contributed by atoms with E-state index < -0.39 is 57.8 Å². The normalized spacial score (nSPS) is 9.96. The van der Waals surface area contributed by atoms with Gasteiger partial charge in [-0.05, 0) is 34.1 Å². The lowest BCUT2D eigenvalue weighted by Gasteiger charge is -2.03. The van der Waals surface area contributed by atoms with Gasteiger partial charge >= 0.3 is 11.9 Å². The number of carboxylic acid groups (broad SMARTS) is 2. The topological polar surface area (TPSA) is 115 Å². The summed E-state index contributed by atoms with van der Waals surface area (Å²) in [7, 11) is 0. The fraction of sp³-hybridized carbons (Fsp3) is 0. The number of phenolic OH excluding ortho intramolecular Hbond substituents is 2. The number of carboxylic acids is 2. The van der Waals surface area contributed by atoms with Crippen LogP contribution in [0.1, 0.15) is 20.7 Å². The minimum atomic E-state index is -1.77. The van der Waals surface area contributed by atoms with Crippen molar-refractivity contribution >= 4 is 27.9 Å². The Bertz CT molecular complexity index is 856. The quantitative estimate of drug-likeness (QED) is 0.546. The van der Waals surface area contributed by atoms with E-state index in [0.29, 0.717) is 12.1 Å². The van der Waals surface area contributed by atoms with Crippen molar-refractivity contribution in [3.05, 3.63) is 57.1 Å². The molecule has 0 unspecified atom stereocenters. The molecule has 11 heteroatoms. The van der Waals surface area contributed by atoms with Crippen molar-refractivity contribution in [3.8, 4) is 11.5 Å². The van der Waals surface area contributed by atoms with E-state index in [1.807, 2.05) is 0 Å². The van der Waals surface area contributed by atoms with Crippen LogP contribution in [0, 0.1) is 23.3 Å². The number of aromatic hydroxyl groups is 2. The van der Waals surface area contributed by atoms with Gasteiger partial charge in [-0.15, -0.1) is 0 Å². The molecule has 0 radical (unpaired) electrons. The Hall–Kier alpha value is -2.82. The van der Waals surface area contributed by atoms with Gasteiger partial charge in [0.1, 0.15) is 22.8 Å². The molecular weight excluding hydrogens is 420 g/mol. The van der Waals surface area contributed by atoms with Gasteiger partial charge in [0.25, 0.3) is 0 Å². The zero-order valence-electron chi connectivity index (χ0n) is 11.7. The monoisotopic (exact) mass is 426 g/mol. The summed E-state index contributed by atoms with van der Waals surface area (Å²) in [6.07, 6.45) is 0. The summed E-state index contributed by atoms with van der Waals surface area (Å²) >= 11 is 2.66. The van der Waals surface area contributed by atoms with Crippen LogP contribution in [0.15, 0.2) is 22.7 Å². The van der Waals surface area contributed by atoms with Crippen LogP contribution in [0.4, 0.5) is 17.6 Å². The van der Waals surface area contributed by atoms with E-state index in [4.69, 9.17) is 20.4 Å². The number of rotatable bonds is 2. The predicted molar refractivity (Wildman–Crippen MR) is 77.7 cm³/mol. The second kappa shape index (κ2) is 7.83. The third kappa shape index (κ3) is 4.38. The van der Waals surface area contributed by atoms with Crippen LogP contribution in [0.5, 0.6) is 11.5 Å². The van der Waals surface area contributed by atoms with Crippen molar-refractivity contribution in [1.82, 2.24) is 0 Å². The molecule has 2 aromatic carbocycles. The summed E-state index contributed by atoms with van der Waals surface area (Å²) < 4.78 is 50.6. The predicted octanol–water partition coefficient (Wildman–Crippen LogP) is 3.50. The lowest BCUT2D eigenvalue weighted by molar-refractivity contribution is 0.0674. The lowest BCUT2D eigenvalue weighted by Crippen LogP contribution is -2.04. The summed E-state index contributed by atoms with van der Waals surface area (Å²) in [5.41, 5.74) is -2.31. The number of aromatic carboxylic acids is 2. The highest BCUT2D eigenvalue weighted by molar-refractivity contribution is 9.10. The molecule has 25 heavy (non-hydrogen) atoms. The van der Waals surface area contributed by atoms with Crippen molar-refractivity contribution in [3.63, 3.8) is 0 Å². The fourth-order valence-electron chi connectivity index (χ4n) is 1.51. The van der Waals surface area contributed by atoms with Crippen molar-refractivity contribution < 1.29 is 47.6 Å². The number of benzene rings is 2. The largest absolute Gasteiger partial charge is 0.505 e. The number of phenols is 2. The molecule has 134 valence electrons. The van der Waals surface area contributed by atoms with E-state index >= 15 is 0 Å².